The van der Waals surface area contributed by atoms with E-state index in [1.54, 1.807) is 37.3 Å². The fourth-order valence-corrected chi connectivity index (χ4v) is 5.71. The molecule has 1 unspecified atom stereocenters. The molecule has 0 aliphatic carbocycles. The Hall–Kier alpha value is -5.22. The van der Waals surface area contributed by atoms with Crippen molar-refractivity contribution in [1.29, 1.82) is 0 Å². The summed E-state index contributed by atoms with van der Waals surface area (Å²) < 4.78 is 11.1. The summed E-state index contributed by atoms with van der Waals surface area (Å²) in [7, 11) is 0. The third kappa shape index (κ3) is 5.91. The Morgan fingerprint density at radius 1 is 1.07 bits per heavy atom. The number of amides is 1. The second kappa shape index (κ2) is 12.3. The van der Waals surface area contributed by atoms with Gasteiger partial charge in [-0.25, -0.2) is 9.78 Å². The van der Waals surface area contributed by atoms with Crippen LogP contribution in [0.25, 0.3) is 5.76 Å². The van der Waals surface area contributed by atoms with Crippen LogP contribution >= 0.6 is 11.3 Å². The molecule has 2 N–H and O–H groups in total. The summed E-state index contributed by atoms with van der Waals surface area (Å²) in [4.78, 5) is 45.3. The fraction of sp³-hybridized carbons (Fsp3) is 0.152. The van der Waals surface area contributed by atoms with Gasteiger partial charge in [0, 0.05) is 5.56 Å². The second-order valence-electron chi connectivity index (χ2n) is 9.81. The number of carbonyl (C=O) groups excluding carboxylic acids is 3. The minimum absolute atomic E-state index is 0.000961. The Bertz CT molecular complexity index is 1740. The highest BCUT2D eigenvalue weighted by atomic mass is 32.1. The number of aryl methyl sites for hydroxylation is 2. The molecule has 1 fully saturated rings. The number of aromatic hydroxyl groups is 1. The average molecular weight is 597 g/mol. The number of phenols is 1. The van der Waals surface area contributed by atoms with Gasteiger partial charge in [-0.3, -0.25) is 14.5 Å². The Balaban J connectivity index is 1.55. The summed E-state index contributed by atoms with van der Waals surface area (Å²) >= 11 is 0.903. The highest BCUT2D eigenvalue weighted by molar-refractivity contribution is 7.17. The molecule has 0 radical (unpaired) electrons. The molecule has 0 saturated carbocycles. The van der Waals surface area contributed by atoms with Gasteiger partial charge < -0.3 is 19.7 Å². The molecular formula is C33H28N2O7S. The summed E-state index contributed by atoms with van der Waals surface area (Å²) in [5, 5.41) is 21.5. The van der Waals surface area contributed by atoms with Crippen molar-refractivity contribution < 1.29 is 34.1 Å². The first-order valence-electron chi connectivity index (χ1n) is 13.3. The monoisotopic (exact) mass is 596 g/mol. The summed E-state index contributed by atoms with van der Waals surface area (Å²) in [5.41, 5.74) is 2.64. The molecule has 0 spiro atoms. The van der Waals surface area contributed by atoms with E-state index in [2.05, 4.69) is 11.6 Å². The molecule has 1 aliphatic heterocycles. The highest BCUT2D eigenvalue weighted by Gasteiger charge is 2.48. The van der Waals surface area contributed by atoms with Crippen LogP contribution in [0.5, 0.6) is 11.5 Å². The topological polar surface area (TPSA) is 126 Å². The Labute approximate surface area is 252 Å². The maximum Gasteiger partial charge on any atom is 0.350 e. The SMILES string of the molecule is C=CCOC(=O)c1sc(N2C(=O)C(=O)/C(=C(/O)c3ccc(OCc4ccccc4)c(C)c3)C2c2ccc(O)cc2)nc1C. The van der Waals surface area contributed by atoms with Gasteiger partial charge in [0.05, 0.1) is 17.3 Å². The molecule has 4 aromatic rings. The van der Waals surface area contributed by atoms with Crippen LogP contribution in [0.15, 0.2) is 91.0 Å². The molecule has 1 aliphatic rings. The van der Waals surface area contributed by atoms with Crippen molar-refractivity contribution in [3.05, 3.63) is 124 Å². The van der Waals surface area contributed by atoms with Crippen LogP contribution in [0.1, 0.15) is 43.7 Å². The number of Topliss-reactive ketones (excluding diaryl/α,β-unsaturated/α-hetero) is 1. The number of anilines is 1. The van der Waals surface area contributed by atoms with Crippen molar-refractivity contribution in [3.63, 3.8) is 0 Å². The van der Waals surface area contributed by atoms with Crippen molar-refractivity contribution in [2.24, 2.45) is 0 Å². The average Bonchev–Trinajstić information content (AvgIpc) is 3.51. The lowest BCUT2D eigenvalue weighted by Gasteiger charge is -2.23. The second-order valence-corrected chi connectivity index (χ2v) is 10.8. The van der Waals surface area contributed by atoms with E-state index >= 15 is 0 Å². The van der Waals surface area contributed by atoms with Gasteiger partial charge in [0.2, 0.25) is 0 Å². The molecule has 5 rings (SSSR count). The van der Waals surface area contributed by atoms with Gasteiger partial charge in [-0.05, 0) is 60.9 Å². The maximum absolute atomic E-state index is 13.5. The van der Waals surface area contributed by atoms with Gasteiger partial charge in [-0.1, -0.05) is 66.5 Å². The lowest BCUT2D eigenvalue weighted by atomic mass is 9.95. The largest absolute Gasteiger partial charge is 0.508 e. The molecule has 1 aromatic heterocycles. The number of ether oxygens (including phenoxy) is 2. The standard InChI is InChI=1S/C33H28N2O7S/c1-4-16-41-32(40)30-20(3)34-33(43-30)35-27(22-10-13-24(36)14-11-22)26(29(38)31(35)39)28(37)23-12-15-25(19(2)17-23)42-18-21-8-6-5-7-9-21/h4-15,17,27,36-37H,1,16,18H2,2-3H3/b28-26+. The molecule has 0 bridgehead atoms. The molecule has 43 heavy (non-hydrogen) atoms. The van der Waals surface area contributed by atoms with Crippen LogP contribution in [0.2, 0.25) is 0 Å². The first kappa shape index (κ1) is 29.3. The third-order valence-electron chi connectivity index (χ3n) is 6.85. The number of benzene rings is 3. The van der Waals surface area contributed by atoms with E-state index in [1.807, 2.05) is 37.3 Å². The maximum atomic E-state index is 13.5. The lowest BCUT2D eigenvalue weighted by Crippen LogP contribution is -2.29. The normalized spacial score (nSPS) is 15.9. The van der Waals surface area contributed by atoms with Crippen LogP contribution in [0, 0.1) is 13.8 Å². The zero-order chi connectivity index (χ0) is 30.7. The molecule has 1 amide bonds. The number of carbonyl (C=O) groups is 3. The Morgan fingerprint density at radius 2 is 1.79 bits per heavy atom. The lowest BCUT2D eigenvalue weighted by molar-refractivity contribution is -0.132. The van der Waals surface area contributed by atoms with Gasteiger partial charge in [-0.2, -0.15) is 0 Å². The molecule has 9 nitrogen and oxygen atoms in total. The van der Waals surface area contributed by atoms with Crippen molar-refractivity contribution >= 4 is 39.9 Å². The molecule has 2 heterocycles. The first-order valence-corrected chi connectivity index (χ1v) is 14.1. The molecular weight excluding hydrogens is 568 g/mol. The van der Waals surface area contributed by atoms with Crippen molar-refractivity contribution in [2.75, 3.05) is 11.5 Å². The zero-order valence-corrected chi connectivity index (χ0v) is 24.3. The molecule has 218 valence electrons. The number of aromatic nitrogens is 1. The minimum Gasteiger partial charge on any atom is -0.508 e. The fourth-order valence-electron chi connectivity index (χ4n) is 4.73. The Kier molecular flexibility index (Phi) is 8.40. The van der Waals surface area contributed by atoms with Gasteiger partial charge in [0.25, 0.3) is 5.78 Å². The molecule has 3 aromatic carbocycles. The van der Waals surface area contributed by atoms with Crippen LogP contribution in [-0.4, -0.2) is 39.5 Å². The van der Waals surface area contributed by atoms with Crippen LogP contribution in [0.4, 0.5) is 5.13 Å². The molecule has 10 heteroatoms. The van der Waals surface area contributed by atoms with Gasteiger partial charge in [0.1, 0.15) is 35.3 Å². The number of ketones is 1. The van der Waals surface area contributed by atoms with E-state index in [0.717, 1.165) is 21.8 Å². The first-order chi connectivity index (χ1) is 20.7. The summed E-state index contributed by atoms with van der Waals surface area (Å²) in [5.74, 6) is -2.26. The number of aliphatic hydroxyl groups is 1. The van der Waals surface area contributed by atoms with E-state index in [9.17, 15) is 24.6 Å². The van der Waals surface area contributed by atoms with Gasteiger partial charge in [-0.15, -0.1) is 0 Å². The number of hydrogen-bond donors (Lipinski definition) is 2. The number of rotatable bonds is 9. The smallest absolute Gasteiger partial charge is 0.350 e. The van der Waals surface area contributed by atoms with Crippen molar-refractivity contribution in [2.45, 2.75) is 26.5 Å². The third-order valence-corrected chi connectivity index (χ3v) is 7.98. The summed E-state index contributed by atoms with van der Waals surface area (Å²) in [6.07, 6.45) is 1.43. The van der Waals surface area contributed by atoms with E-state index in [-0.39, 0.29) is 33.7 Å². The van der Waals surface area contributed by atoms with E-state index in [1.165, 1.54) is 18.2 Å². The zero-order valence-electron chi connectivity index (χ0n) is 23.4. The van der Waals surface area contributed by atoms with Crippen LogP contribution < -0.4 is 9.64 Å². The van der Waals surface area contributed by atoms with Crippen LogP contribution in [0.3, 0.4) is 0 Å². The summed E-state index contributed by atoms with van der Waals surface area (Å²) in [6.45, 7) is 7.30. The highest BCUT2D eigenvalue weighted by Crippen LogP contribution is 2.44. The van der Waals surface area contributed by atoms with Crippen LogP contribution in [-0.2, 0) is 20.9 Å². The predicted molar refractivity (Wildman–Crippen MR) is 162 cm³/mol. The molecule has 1 saturated heterocycles. The quantitative estimate of drug-likeness (QED) is 0.0791. The molecule has 1 atom stereocenters. The van der Waals surface area contributed by atoms with Crippen molar-refractivity contribution in [1.82, 2.24) is 4.98 Å². The van der Waals surface area contributed by atoms with E-state index in [4.69, 9.17) is 9.47 Å². The number of nitrogens with zero attached hydrogens (tertiary/aromatic N) is 2. The number of phenolic OH excluding ortho intramolecular Hbond substituents is 1. The number of thiazole rings is 1. The number of hydrogen-bond acceptors (Lipinski definition) is 9. The number of aliphatic hydroxyl groups excluding tert-OH is 1. The number of esters is 1. The minimum atomic E-state index is -1.09. The Morgan fingerprint density at radius 3 is 2.47 bits per heavy atom. The van der Waals surface area contributed by atoms with Gasteiger partial charge >= 0.3 is 11.9 Å². The van der Waals surface area contributed by atoms with E-state index in [0.29, 0.717) is 34.7 Å². The van der Waals surface area contributed by atoms with Gasteiger partial charge in [0.15, 0.2) is 5.13 Å². The summed E-state index contributed by atoms with van der Waals surface area (Å²) in [6, 6.07) is 19.5. The van der Waals surface area contributed by atoms with Crippen molar-refractivity contribution in [3.8, 4) is 11.5 Å². The van der Waals surface area contributed by atoms with E-state index < -0.39 is 23.7 Å². The predicted octanol–water partition coefficient (Wildman–Crippen LogP) is 6.01.